The highest BCUT2D eigenvalue weighted by molar-refractivity contribution is 5.76. The van der Waals surface area contributed by atoms with Gasteiger partial charge < -0.3 is 4.74 Å². The van der Waals surface area contributed by atoms with Gasteiger partial charge in [0, 0.05) is 18.0 Å². The van der Waals surface area contributed by atoms with E-state index in [0.717, 1.165) is 52.7 Å². The van der Waals surface area contributed by atoms with Crippen molar-refractivity contribution in [1.29, 1.82) is 0 Å². The van der Waals surface area contributed by atoms with Crippen LogP contribution >= 0.6 is 0 Å². The van der Waals surface area contributed by atoms with Crippen LogP contribution in [0.2, 0.25) is 0 Å². The zero-order chi connectivity index (χ0) is 22.2. The van der Waals surface area contributed by atoms with Gasteiger partial charge in [0.15, 0.2) is 0 Å². The summed E-state index contributed by atoms with van der Waals surface area (Å²) in [4.78, 5) is 13.8. The van der Waals surface area contributed by atoms with Crippen molar-refractivity contribution in [2.24, 2.45) is 0 Å². The zero-order valence-electron chi connectivity index (χ0n) is 18.8. The van der Waals surface area contributed by atoms with E-state index in [9.17, 15) is 0 Å². The van der Waals surface area contributed by atoms with Crippen molar-refractivity contribution in [2.45, 2.75) is 39.5 Å². The van der Waals surface area contributed by atoms with Gasteiger partial charge in [-0.2, -0.15) is 0 Å². The highest BCUT2D eigenvalue weighted by Crippen LogP contribution is 2.35. The van der Waals surface area contributed by atoms with Crippen molar-refractivity contribution in [3.63, 3.8) is 0 Å². The molecular weight excluding hydrogens is 394 g/mol. The van der Waals surface area contributed by atoms with Crippen molar-refractivity contribution in [3.05, 3.63) is 84.7 Å². The normalized spacial score (nSPS) is 10.8. The molecule has 0 bridgehead atoms. The predicted molar refractivity (Wildman–Crippen MR) is 131 cm³/mol. The molecule has 0 aliphatic heterocycles. The minimum Gasteiger partial charge on any atom is -0.493 e. The first-order valence-electron chi connectivity index (χ1n) is 11.3. The highest BCUT2D eigenvalue weighted by Gasteiger charge is 2.12. The van der Waals surface area contributed by atoms with E-state index in [4.69, 9.17) is 9.72 Å². The number of pyridine rings is 3. The first-order chi connectivity index (χ1) is 15.8. The number of aryl methyl sites for hydroxylation is 1. The van der Waals surface area contributed by atoms with Crippen molar-refractivity contribution in [3.8, 4) is 39.7 Å². The summed E-state index contributed by atoms with van der Waals surface area (Å²) in [6, 6.07) is 22.2. The topological polar surface area (TPSA) is 47.9 Å². The smallest absolute Gasteiger partial charge is 0.127 e. The largest absolute Gasteiger partial charge is 0.493 e. The van der Waals surface area contributed by atoms with Crippen molar-refractivity contribution in [1.82, 2.24) is 15.0 Å². The fourth-order valence-electron chi connectivity index (χ4n) is 3.80. The van der Waals surface area contributed by atoms with Gasteiger partial charge in [0.2, 0.25) is 0 Å². The lowest BCUT2D eigenvalue weighted by atomic mass is 9.99. The lowest BCUT2D eigenvalue weighted by Crippen LogP contribution is -2.00. The average Bonchev–Trinajstić information content (AvgIpc) is 2.85. The van der Waals surface area contributed by atoms with Crippen molar-refractivity contribution in [2.75, 3.05) is 6.61 Å². The maximum atomic E-state index is 6.20. The first-order valence-corrected chi connectivity index (χ1v) is 11.3. The van der Waals surface area contributed by atoms with E-state index < -0.39 is 0 Å². The van der Waals surface area contributed by atoms with Gasteiger partial charge in [0.25, 0.3) is 0 Å². The fraction of sp³-hybridized carbons (Fsp3) is 0.250. The van der Waals surface area contributed by atoms with Crippen LogP contribution in [0.3, 0.4) is 0 Å². The van der Waals surface area contributed by atoms with Gasteiger partial charge in [-0.1, -0.05) is 50.5 Å². The molecule has 162 valence electrons. The number of aromatic nitrogens is 3. The number of benzene rings is 1. The Morgan fingerprint density at radius 2 is 1.50 bits per heavy atom. The first kappa shape index (κ1) is 21.7. The van der Waals surface area contributed by atoms with Gasteiger partial charge in [-0.25, -0.2) is 4.98 Å². The van der Waals surface area contributed by atoms with Crippen LogP contribution in [0.15, 0.2) is 79.1 Å². The van der Waals surface area contributed by atoms with Crippen molar-refractivity contribution < 1.29 is 4.74 Å². The Kier molecular flexibility index (Phi) is 7.23. The number of ether oxygens (including phenoxy) is 1. The number of rotatable bonds is 9. The van der Waals surface area contributed by atoms with E-state index in [-0.39, 0.29) is 0 Å². The quantitative estimate of drug-likeness (QED) is 0.268. The summed E-state index contributed by atoms with van der Waals surface area (Å²) in [6.07, 6.45) is 8.39. The monoisotopic (exact) mass is 423 g/mol. The third kappa shape index (κ3) is 5.20. The average molecular weight is 424 g/mol. The maximum absolute atomic E-state index is 6.20. The lowest BCUT2D eigenvalue weighted by molar-refractivity contribution is 0.306. The molecule has 1 aromatic carbocycles. The number of hydrogen-bond acceptors (Lipinski definition) is 4. The second kappa shape index (κ2) is 10.7. The van der Waals surface area contributed by atoms with Gasteiger partial charge in [-0.15, -0.1) is 0 Å². The second-order valence-electron chi connectivity index (χ2n) is 7.91. The molecule has 4 aromatic rings. The molecule has 0 saturated carbocycles. The summed E-state index contributed by atoms with van der Waals surface area (Å²) in [6.45, 7) is 5.09. The van der Waals surface area contributed by atoms with E-state index in [1.165, 1.54) is 24.8 Å². The molecule has 3 aromatic heterocycles. The molecule has 0 radical (unpaired) electrons. The van der Waals surface area contributed by atoms with Gasteiger partial charge in [0.05, 0.1) is 29.4 Å². The van der Waals surface area contributed by atoms with Crippen LogP contribution in [0.4, 0.5) is 0 Å². The van der Waals surface area contributed by atoms with Crippen LogP contribution in [0.1, 0.15) is 38.2 Å². The van der Waals surface area contributed by atoms with E-state index in [2.05, 4.69) is 48.1 Å². The lowest BCUT2D eigenvalue weighted by Gasteiger charge is -2.15. The number of nitrogens with zero attached hydrogens (tertiary/aromatic N) is 3. The molecule has 32 heavy (non-hydrogen) atoms. The molecule has 3 heterocycles. The standard InChI is InChI=1S/C28H29N3O/c1-3-4-5-8-19-32-27-15-9-11-21(2)28(27)22-16-18-30-26(20-22)25-14-10-13-24(31-25)23-12-6-7-17-29-23/h6-7,9-18,20H,3-5,8,19H2,1-2H3. The number of unbranched alkanes of at least 4 members (excludes halogenated alkanes) is 3. The molecular formula is C28H29N3O. The van der Waals surface area contributed by atoms with Crippen LogP contribution in [0.5, 0.6) is 5.75 Å². The third-order valence-electron chi connectivity index (χ3n) is 5.48. The van der Waals surface area contributed by atoms with Crippen LogP contribution in [0.25, 0.3) is 33.9 Å². The fourth-order valence-corrected chi connectivity index (χ4v) is 3.80. The Hall–Kier alpha value is -3.53. The molecule has 0 spiro atoms. The van der Waals surface area contributed by atoms with Gasteiger partial charge >= 0.3 is 0 Å². The van der Waals surface area contributed by atoms with Crippen LogP contribution < -0.4 is 4.74 Å². The van der Waals surface area contributed by atoms with Crippen molar-refractivity contribution >= 4 is 0 Å². The molecule has 4 nitrogen and oxygen atoms in total. The van der Waals surface area contributed by atoms with Crippen LogP contribution in [-0.2, 0) is 0 Å². The molecule has 0 fully saturated rings. The summed E-state index contributed by atoms with van der Waals surface area (Å²) in [5.41, 5.74) is 6.73. The van der Waals surface area contributed by atoms with Crippen LogP contribution in [-0.4, -0.2) is 21.6 Å². The predicted octanol–water partition coefficient (Wildman–Crippen LogP) is 7.14. The minimum atomic E-state index is 0.738. The molecule has 0 N–H and O–H groups in total. The highest BCUT2D eigenvalue weighted by atomic mass is 16.5. The summed E-state index contributed by atoms with van der Waals surface area (Å²) < 4.78 is 6.20. The minimum absolute atomic E-state index is 0.738. The second-order valence-corrected chi connectivity index (χ2v) is 7.91. The number of hydrogen-bond donors (Lipinski definition) is 0. The molecule has 0 aliphatic carbocycles. The third-order valence-corrected chi connectivity index (χ3v) is 5.48. The molecule has 0 atom stereocenters. The molecule has 0 unspecified atom stereocenters. The van der Waals surface area contributed by atoms with Gasteiger partial charge in [-0.05, 0) is 66.9 Å². The van der Waals surface area contributed by atoms with E-state index in [0.29, 0.717) is 0 Å². The van der Waals surface area contributed by atoms with E-state index in [1.54, 1.807) is 6.20 Å². The Labute approximate surface area is 190 Å². The molecule has 4 heteroatoms. The molecule has 0 aliphatic rings. The molecule has 0 saturated heterocycles. The summed E-state index contributed by atoms with van der Waals surface area (Å²) in [5, 5.41) is 0. The molecule has 0 amide bonds. The summed E-state index contributed by atoms with van der Waals surface area (Å²) in [7, 11) is 0. The van der Waals surface area contributed by atoms with Gasteiger partial charge in [-0.3, -0.25) is 9.97 Å². The van der Waals surface area contributed by atoms with Crippen LogP contribution in [0, 0.1) is 6.92 Å². The Balaban J connectivity index is 1.63. The zero-order valence-corrected chi connectivity index (χ0v) is 18.8. The molecule has 4 rings (SSSR count). The maximum Gasteiger partial charge on any atom is 0.127 e. The van der Waals surface area contributed by atoms with E-state index >= 15 is 0 Å². The SMILES string of the molecule is CCCCCCOc1cccc(C)c1-c1ccnc(-c2cccc(-c3ccccn3)n2)c1. The van der Waals surface area contributed by atoms with E-state index in [1.807, 2.05) is 48.7 Å². The summed E-state index contributed by atoms with van der Waals surface area (Å²) >= 11 is 0. The Morgan fingerprint density at radius 3 is 2.31 bits per heavy atom. The summed E-state index contributed by atoms with van der Waals surface area (Å²) in [5.74, 6) is 0.925. The Bertz CT molecular complexity index is 1160. The Morgan fingerprint density at radius 1 is 0.719 bits per heavy atom. The van der Waals surface area contributed by atoms with Gasteiger partial charge in [0.1, 0.15) is 5.75 Å².